The van der Waals surface area contributed by atoms with E-state index in [2.05, 4.69) is 20.9 Å². The lowest BCUT2D eigenvalue weighted by molar-refractivity contribution is 0.0991. The number of nitrogens with zero attached hydrogens (tertiary/aromatic N) is 2. The molecular formula is C17H21BrN4O4. The first-order chi connectivity index (χ1) is 12.3. The van der Waals surface area contributed by atoms with E-state index in [0.717, 1.165) is 11.3 Å². The minimum absolute atomic E-state index is 0.0398. The normalized spacial score (nSPS) is 10.6. The van der Waals surface area contributed by atoms with Gasteiger partial charge < -0.3 is 15.4 Å². The fraction of sp³-hybridized carbons (Fsp3) is 0.353. The molecule has 0 fully saturated rings. The number of ether oxygens (including phenoxy) is 1. The van der Waals surface area contributed by atoms with Gasteiger partial charge in [0.2, 0.25) is 0 Å². The number of hydrogen-bond donors (Lipinski definition) is 2. The second kappa shape index (κ2) is 8.22. The van der Waals surface area contributed by atoms with Gasteiger partial charge >= 0.3 is 5.69 Å². The molecule has 1 aromatic heterocycles. The van der Waals surface area contributed by atoms with E-state index >= 15 is 0 Å². The van der Waals surface area contributed by atoms with Crippen molar-refractivity contribution in [2.45, 2.75) is 26.3 Å². The van der Waals surface area contributed by atoms with Gasteiger partial charge in [-0.05, 0) is 40.5 Å². The Kier molecular flexibility index (Phi) is 6.25. The number of carbonyl (C=O) groups excluding carboxylic acids is 1. The number of H-pyrrole nitrogens is 1. The van der Waals surface area contributed by atoms with Crippen molar-refractivity contribution in [2.24, 2.45) is 0 Å². The second-order valence-electron chi connectivity index (χ2n) is 5.71. The summed E-state index contributed by atoms with van der Waals surface area (Å²) < 4.78 is 6.96. The molecule has 8 nitrogen and oxygen atoms in total. The zero-order valence-electron chi connectivity index (χ0n) is 14.8. The number of rotatable bonds is 6. The average Bonchev–Trinajstić information content (AvgIpc) is 2.61. The lowest BCUT2D eigenvalue weighted by Crippen LogP contribution is -2.39. The number of aromatic nitrogens is 2. The van der Waals surface area contributed by atoms with Crippen LogP contribution in [0.15, 0.2) is 32.3 Å². The van der Waals surface area contributed by atoms with Crippen LogP contribution in [-0.4, -0.2) is 29.6 Å². The third-order valence-electron chi connectivity index (χ3n) is 3.99. The molecule has 0 bridgehead atoms. The van der Waals surface area contributed by atoms with E-state index < -0.39 is 17.2 Å². The van der Waals surface area contributed by atoms with Crippen LogP contribution in [0.2, 0.25) is 0 Å². The molecule has 26 heavy (non-hydrogen) atoms. The lowest BCUT2D eigenvalue weighted by Gasteiger charge is -2.21. The number of nitrogens with one attached hydrogen (secondary N) is 1. The van der Waals surface area contributed by atoms with E-state index in [9.17, 15) is 14.4 Å². The third kappa shape index (κ3) is 3.82. The Morgan fingerprint density at radius 1 is 1.38 bits per heavy atom. The Balaban J connectivity index is 2.53. The van der Waals surface area contributed by atoms with Gasteiger partial charge in [-0.3, -0.25) is 19.1 Å². The van der Waals surface area contributed by atoms with Crippen LogP contribution in [0.4, 0.5) is 11.5 Å². The summed E-state index contributed by atoms with van der Waals surface area (Å²) in [7, 11) is 2.93. The Morgan fingerprint density at radius 3 is 2.69 bits per heavy atom. The van der Waals surface area contributed by atoms with Gasteiger partial charge in [0.05, 0.1) is 12.7 Å². The number of aromatic amines is 1. The average molecular weight is 425 g/mol. The van der Waals surface area contributed by atoms with E-state index in [1.165, 1.54) is 18.7 Å². The number of anilines is 2. The van der Waals surface area contributed by atoms with Crippen molar-refractivity contribution in [2.75, 3.05) is 24.8 Å². The number of hydrogen-bond acceptors (Lipinski definition) is 5. The summed E-state index contributed by atoms with van der Waals surface area (Å²) in [6.45, 7) is 2.33. The molecular weight excluding hydrogens is 404 g/mol. The van der Waals surface area contributed by atoms with Crippen LogP contribution in [0, 0.1) is 0 Å². The van der Waals surface area contributed by atoms with Crippen molar-refractivity contribution in [1.29, 1.82) is 0 Å². The molecule has 0 atom stereocenters. The lowest BCUT2D eigenvalue weighted by atomic mass is 10.2. The van der Waals surface area contributed by atoms with Gasteiger partial charge in [-0.1, -0.05) is 13.3 Å². The zero-order chi connectivity index (χ0) is 19.4. The van der Waals surface area contributed by atoms with Crippen LogP contribution in [0.25, 0.3) is 0 Å². The van der Waals surface area contributed by atoms with E-state index in [4.69, 9.17) is 10.5 Å². The maximum absolute atomic E-state index is 12.9. The van der Waals surface area contributed by atoms with Crippen LogP contribution in [0.1, 0.15) is 30.1 Å². The number of benzene rings is 1. The van der Waals surface area contributed by atoms with E-state index in [1.807, 2.05) is 6.92 Å². The topological polar surface area (TPSA) is 110 Å². The maximum Gasteiger partial charge on any atom is 0.330 e. The molecule has 9 heteroatoms. The Labute approximate surface area is 158 Å². The Hall–Kier alpha value is -2.55. The maximum atomic E-state index is 12.9. The van der Waals surface area contributed by atoms with Gasteiger partial charge in [0, 0.05) is 18.1 Å². The monoisotopic (exact) mass is 424 g/mol. The van der Waals surface area contributed by atoms with Crippen molar-refractivity contribution in [3.05, 3.63) is 49.1 Å². The van der Waals surface area contributed by atoms with Crippen molar-refractivity contribution in [3.8, 4) is 5.75 Å². The first-order valence-electron chi connectivity index (χ1n) is 8.06. The van der Waals surface area contributed by atoms with Gasteiger partial charge in [-0.25, -0.2) is 4.79 Å². The minimum Gasteiger partial charge on any atom is -0.497 e. The van der Waals surface area contributed by atoms with E-state index in [-0.39, 0.29) is 11.5 Å². The van der Waals surface area contributed by atoms with Gasteiger partial charge in [-0.15, -0.1) is 0 Å². The molecule has 2 aromatic rings. The molecule has 0 radical (unpaired) electrons. The summed E-state index contributed by atoms with van der Waals surface area (Å²) in [5, 5.41) is 0. The number of amides is 1. The SMILES string of the molecule is CCCCn1c(N)c(N(C)C(=O)c2cc(OC)ccc2Br)c(=O)[nH]c1=O. The number of nitrogens with two attached hydrogens (primary N) is 1. The predicted molar refractivity (Wildman–Crippen MR) is 104 cm³/mol. The number of unbranched alkanes of at least 4 members (excludes halogenated alkanes) is 1. The molecule has 0 aliphatic heterocycles. The standard InChI is InChI=1S/C17H21BrN4O4/c1-4-5-8-22-14(19)13(15(23)20-17(22)25)21(2)16(24)11-9-10(26-3)6-7-12(11)18/h6-7,9H,4-5,8,19H2,1-3H3,(H,20,23,25). The highest BCUT2D eigenvalue weighted by molar-refractivity contribution is 9.10. The zero-order valence-corrected chi connectivity index (χ0v) is 16.4. The summed E-state index contributed by atoms with van der Waals surface area (Å²) in [6, 6.07) is 4.93. The predicted octanol–water partition coefficient (Wildman–Crippen LogP) is 1.97. The molecule has 0 aliphatic rings. The molecule has 1 amide bonds. The summed E-state index contributed by atoms with van der Waals surface area (Å²) in [5.41, 5.74) is 4.98. The van der Waals surface area contributed by atoms with Gasteiger partial charge in [0.15, 0.2) is 5.69 Å². The quantitative estimate of drug-likeness (QED) is 0.736. The minimum atomic E-state index is -0.713. The summed E-state index contributed by atoms with van der Waals surface area (Å²) in [6.07, 6.45) is 1.57. The fourth-order valence-electron chi connectivity index (χ4n) is 2.52. The highest BCUT2D eigenvalue weighted by Gasteiger charge is 2.23. The smallest absolute Gasteiger partial charge is 0.330 e. The van der Waals surface area contributed by atoms with Crippen molar-refractivity contribution >= 4 is 33.3 Å². The number of methoxy groups -OCH3 is 1. The fourth-order valence-corrected chi connectivity index (χ4v) is 2.93. The van der Waals surface area contributed by atoms with Crippen LogP contribution in [-0.2, 0) is 6.54 Å². The molecule has 0 saturated carbocycles. The molecule has 2 rings (SSSR count). The van der Waals surface area contributed by atoms with Crippen LogP contribution in [0.5, 0.6) is 5.75 Å². The highest BCUT2D eigenvalue weighted by Crippen LogP contribution is 2.26. The molecule has 0 saturated heterocycles. The number of carbonyl (C=O) groups is 1. The van der Waals surface area contributed by atoms with Crippen LogP contribution < -0.4 is 26.6 Å². The Morgan fingerprint density at radius 2 is 2.08 bits per heavy atom. The third-order valence-corrected chi connectivity index (χ3v) is 4.68. The van der Waals surface area contributed by atoms with E-state index in [0.29, 0.717) is 28.8 Å². The van der Waals surface area contributed by atoms with E-state index in [1.54, 1.807) is 18.2 Å². The largest absolute Gasteiger partial charge is 0.497 e. The van der Waals surface area contributed by atoms with Gasteiger partial charge in [-0.2, -0.15) is 0 Å². The van der Waals surface area contributed by atoms with Crippen LogP contribution >= 0.6 is 15.9 Å². The molecule has 140 valence electrons. The molecule has 0 aliphatic carbocycles. The summed E-state index contributed by atoms with van der Waals surface area (Å²) >= 11 is 3.32. The summed E-state index contributed by atoms with van der Waals surface area (Å²) in [4.78, 5) is 40.6. The molecule has 1 aromatic carbocycles. The van der Waals surface area contributed by atoms with Crippen molar-refractivity contribution < 1.29 is 9.53 Å². The van der Waals surface area contributed by atoms with Gasteiger partial charge in [0.1, 0.15) is 11.6 Å². The van der Waals surface area contributed by atoms with Gasteiger partial charge in [0.25, 0.3) is 11.5 Å². The number of halogens is 1. The Bertz CT molecular complexity index is 935. The first-order valence-corrected chi connectivity index (χ1v) is 8.85. The first kappa shape index (κ1) is 19.8. The number of nitrogen functional groups attached to an aromatic ring is 1. The molecule has 0 unspecified atom stereocenters. The molecule has 0 spiro atoms. The van der Waals surface area contributed by atoms with Crippen molar-refractivity contribution in [1.82, 2.24) is 9.55 Å². The second-order valence-corrected chi connectivity index (χ2v) is 6.56. The summed E-state index contributed by atoms with van der Waals surface area (Å²) in [5.74, 6) is -0.00418. The van der Waals surface area contributed by atoms with Crippen LogP contribution in [0.3, 0.4) is 0 Å². The van der Waals surface area contributed by atoms with Crippen molar-refractivity contribution in [3.63, 3.8) is 0 Å². The molecule has 1 heterocycles. The molecule has 3 N–H and O–H groups in total. The highest BCUT2D eigenvalue weighted by atomic mass is 79.9.